The van der Waals surface area contributed by atoms with Crippen LogP contribution in [0.4, 0.5) is 5.13 Å². The highest BCUT2D eigenvalue weighted by molar-refractivity contribution is 7.13. The van der Waals surface area contributed by atoms with Crippen LogP contribution in [0.15, 0.2) is 5.38 Å². The molecule has 0 amide bonds. The summed E-state index contributed by atoms with van der Waals surface area (Å²) in [4.78, 5) is 6.63. The minimum atomic E-state index is 0.402. The Hall–Kier alpha value is -0.810. The van der Waals surface area contributed by atoms with Crippen LogP contribution in [0.5, 0.6) is 5.88 Å². The van der Waals surface area contributed by atoms with Gasteiger partial charge in [0.05, 0.1) is 31.7 Å². The zero-order chi connectivity index (χ0) is 9.97. The third-order valence-corrected chi connectivity index (χ3v) is 3.15. The maximum Gasteiger partial charge on any atom is 0.226 e. The van der Waals surface area contributed by atoms with Crippen LogP contribution in [0, 0.1) is 0 Å². The molecule has 1 aromatic heterocycles. The maximum absolute atomic E-state index is 5.37. The van der Waals surface area contributed by atoms with Crippen molar-refractivity contribution >= 4 is 16.5 Å². The lowest BCUT2D eigenvalue weighted by molar-refractivity contribution is 0.0989. The van der Waals surface area contributed by atoms with Crippen LogP contribution in [-0.2, 0) is 4.74 Å². The smallest absolute Gasteiger partial charge is 0.226 e. The first-order valence-corrected chi connectivity index (χ1v) is 5.53. The van der Waals surface area contributed by atoms with Crippen LogP contribution < -0.4 is 9.64 Å². The Balaban J connectivity index is 2.12. The zero-order valence-electron chi connectivity index (χ0n) is 8.40. The van der Waals surface area contributed by atoms with Gasteiger partial charge in [0.2, 0.25) is 5.88 Å². The lowest BCUT2D eigenvalue weighted by atomic mass is 10.3. The molecule has 4 nitrogen and oxygen atoms in total. The summed E-state index contributed by atoms with van der Waals surface area (Å²) in [6, 6.07) is 0.402. The van der Waals surface area contributed by atoms with Crippen molar-refractivity contribution in [2.75, 3.05) is 31.8 Å². The second-order valence-electron chi connectivity index (χ2n) is 3.29. The Morgan fingerprint density at radius 3 is 3.21 bits per heavy atom. The van der Waals surface area contributed by atoms with E-state index in [9.17, 15) is 0 Å². The lowest BCUT2D eigenvalue weighted by Crippen LogP contribution is -2.43. The quantitative estimate of drug-likeness (QED) is 0.745. The second-order valence-corrected chi connectivity index (χ2v) is 4.13. The molecule has 0 aliphatic carbocycles. The van der Waals surface area contributed by atoms with Crippen molar-refractivity contribution in [1.82, 2.24) is 4.98 Å². The Morgan fingerprint density at radius 1 is 1.71 bits per heavy atom. The van der Waals surface area contributed by atoms with Gasteiger partial charge in [0.25, 0.3) is 0 Å². The maximum atomic E-state index is 5.37. The van der Waals surface area contributed by atoms with Crippen LogP contribution >= 0.6 is 11.3 Å². The third kappa shape index (κ3) is 1.83. The summed E-state index contributed by atoms with van der Waals surface area (Å²) in [7, 11) is 1.64. The first kappa shape index (κ1) is 9.73. The predicted octanol–water partition coefficient (Wildman–Crippen LogP) is 1.38. The summed E-state index contributed by atoms with van der Waals surface area (Å²) in [6.07, 6.45) is 0. The molecule has 1 unspecified atom stereocenters. The van der Waals surface area contributed by atoms with Gasteiger partial charge in [-0.1, -0.05) is 0 Å². The van der Waals surface area contributed by atoms with Crippen molar-refractivity contribution in [2.45, 2.75) is 13.0 Å². The van der Waals surface area contributed by atoms with E-state index in [1.54, 1.807) is 18.4 Å². The fraction of sp³-hybridized carbons (Fsp3) is 0.667. The van der Waals surface area contributed by atoms with Crippen LogP contribution in [0.25, 0.3) is 0 Å². The molecule has 1 atom stereocenters. The van der Waals surface area contributed by atoms with Gasteiger partial charge in [0.1, 0.15) is 0 Å². The Bertz CT molecular complexity index is 303. The van der Waals surface area contributed by atoms with E-state index in [-0.39, 0.29) is 0 Å². The van der Waals surface area contributed by atoms with Crippen molar-refractivity contribution < 1.29 is 9.47 Å². The third-order valence-electron chi connectivity index (χ3n) is 2.29. The molecule has 0 spiro atoms. The molecule has 0 saturated carbocycles. The molecule has 1 fully saturated rings. The van der Waals surface area contributed by atoms with E-state index >= 15 is 0 Å². The van der Waals surface area contributed by atoms with Gasteiger partial charge >= 0.3 is 0 Å². The minimum Gasteiger partial charge on any atom is -0.480 e. The van der Waals surface area contributed by atoms with Crippen molar-refractivity contribution in [3.63, 3.8) is 0 Å². The molecular weight excluding hydrogens is 200 g/mol. The zero-order valence-corrected chi connectivity index (χ0v) is 9.21. The van der Waals surface area contributed by atoms with Crippen molar-refractivity contribution in [3.8, 4) is 5.88 Å². The number of hydrogen-bond acceptors (Lipinski definition) is 5. The number of methoxy groups -OCH3 is 1. The molecule has 78 valence electrons. The number of thiazole rings is 1. The van der Waals surface area contributed by atoms with Gasteiger partial charge in [-0.25, -0.2) is 0 Å². The number of ether oxygens (including phenoxy) is 2. The molecule has 0 radical (unpaired) electrons. The van der Waals surface area contributed by atoms with Gasteiger partial charge in [-0.05, 0) is 6.92 Å². The number of aromatic nitrogens is 1. The normalized spacial score (nSPS) is 22.4. The summed E-state index contributed by atoms with van der Waals surface area (Å²) < 4.78 is 10.4. The molecule has 0 bridgehead atoms. The summed E-state index contributed by atoms with van der Waals surface area (Å²) in [5, 5.41) is 2.95. The molecule has 2 heterocycles. The summed E-state index contributed by atoms with van der Waals surface area (Å²) in [5.41, 5.74) is 0. The molecule has 1 aliphatic heterocycles. The fourth-order valence-electron chi connectivity index (χ4n) is 1.49. The Morgan fingerprint density at radius 2 is 2.57 bits per heavy atom. The molecule has 1 aliphatic rings. The molecule has 5 heteroatoms. The lowest BCUT2D eigenvalue weighted by Gasteiger charge is -2.32. The van der Waals surface area contributed by atoms with Gasteiger partial charge in [-0.15, -0.1) is 11.3 Å². The van der Waals surface area contributed by atoms with E-state index in [1.165, 1.54) is 0 Å². The van der Waals surface area contributed by atoms with Crippen molar-refractivity contribution in [1.29, 1.82) is 0 Å². The summed E-state index contributed by atoms with van der Waals surface area (Å²) in [5.74, 6) is 0.698. The van der Waals surface area contributed by atoms with Crippen LogP contribution in [0.2, 0.25) is 0 Å². The number of anilines is 1. The molecular formula is C9H14N2O2S. The first-order chi connectivity index (χ1) is 6.81. The van der Waals surface area contributed by atoms with E-state index in [0.29, 0.717) is 11.9 Å². The van der Waals surface area contributed by atoms with Gasteiger partial charge in [-0.3, -0.25) is 0 Å². The van der Waals surface area contributed by atoms with E-state index in [2.05, 4.69) is 16.8 Å². The highest BCUT2D eigenvalue weighted by atomic mass is 32.1. The molecule has 2 rings (SSSR count). The number of nitrogens with zero attached hydrogens (tertiary/aromatic N) is 2. The van der Waals surface area contributed by atoms with Gasteiger partial charge in [0, 0.05) is 6.54 Å². The average molecular weight is 214 g/mol. The van der Waals surface area contributed by atoms with Crippen LogP contribution in [0.3, 0.4) is 0 Å². The number of hydrogen-bond donors (Lipinski definition) is 0. The van der Waals surface area contributed by atoms with Gasteiger partial charge < -0.3 is 14.4 Å². The molecule has 1 aromatic rings. The van der Waals surface area contributed by atoms with Crippen molar-refractivity contribution in [2.24, 2.45) is 0 Å². The Kier molecular flexibility index (Phi) is 2.88. The number of rotatable bonds is 2. The van der Waals surface area contributed by atoms with Crippen LogP contribution in [0.1, 0.15) is 6.92 Å². The largest absolute Gasteiger partial charge is 0.480 e. The SMILES string of the molecule is COc1csc(N2CCOCC2C)n1. The second kappa shape index (κ2) is 4.14. The number of morpholine rings is 1. The molecule has 0 aromatic carbocycles. The molecule has 1 saturated heterocycles. The summed E-state index contributed by atoms with van der Waals surface area (Å²) in [6.45, 7) is 4.62. The Labute approximate surface area is 87.5 Å². The van der Waals surface area contributed by atoms with Crippen molar-refractivity contribution in [3.05, 3.63) is 5.38 Å². The van der Waals surface area contributed by atoms with Gasteiger partial charge in [0.15, 0.2) is 5.13 Å². The van der Waals surface area contributed by atoms with Crippen LogP contribution in [-0.4, -0.2) is 37.9 Å². The van der Waals surface area contributed by atoms with E-state index < -0.39 is 0 Å². The first-order valence-electron chi connectivity index (χ1n) is 4.65. The van der Waals surface area contributed by atoms with E-state index in [1.807, 2.05) is 5.38 Å². The monoisotopic (exact) mass is 214 g/mol. The predicted molar refractivity (Wildman–Crippen MR) is 56.3 cm³/mol. The highest BCUT2D eigenvalue weighted by Gasteiger charge is 2.21. The average Bonchev–Trinajstić information content (AvgIpc) is 2.67. The standard InChI is InChI=1S/C9H14N2O2S/c1-7-5-13-4-3-11(7)9-10-8(12-2)6-14-9/h6-7H,3-5H2,1-2H3. The van der Waals surface area contributed by atoms with Gasteiger partial charge in [-0.2, -0.15) is 4.98 Å². The molecule has 14 heavy (non-hydrogen) atoms. The fourth-order valence-corrected chi connectivity index (χ4v) is 2.39. The van der Waals surface area contributed by atoms with E-state index in [4.69, 9.17) is 9.47 Å². The minimum absolute atomic E-state index is 0.402. The summed E-state index contributed by atoms with van der Waals surface area (Å²) >= 11 is 1.62. The topological polar surface area (TPSA) is 34.6 Å². The van der Waals surface area contributed by atoms with E-state index in [0.717, 1.165) is 24.9 Å². The highest BCUT2D eigenvalue weighted by Crippen LogP contribution is 2.27. The molecule has 0 N–H and O–H groups in total.